The molecule has 2 N–H and O–H groups in total. The summed E-state index contributed by atoms with van der Waals surface area (Å²) in [6.07, 6.45) is 2.56. The van der Waals surface area contributed by atoms with Crippen LogP contribution in [-0.4, -0.2) is 34.5 Å². The summed E-state index contributed by atoms with van der Waals surface area (Å²) in [5.41, 5.74) is 2.28. The number of methoxy groups -OCH3 is 1. The van der Waals surface area contributed by atoms with Crippen LogP contribution in [0.5, 0.6) is 5.75 Å². The van der Waals surface area contributed by atoms with Gasteiger partial charge < -0.3 is 14.7 Å². The van der Waals surface area contributed by atoms with Crippen LogP contribution in [0.15, 0.2) is 29.5 Å². The fraction of sp³-hybridized carbons (Fsp3) is 0.480. The molecule has 4 rings (SSSR count). The minimum absolute atomic E-state index is 0.0627. The lowest BCUT2D eigenvalue weighted by Gasteiger charge is -2.40. The number of aliphatic hydroxyl groups is 1. The quantitative estimate of drug-likeness (QED) is 0.474. The Morgan fingerprint density at radius 1 is 1.19 bits per heavy atom. The van der Waals surface area contributed by atoms with E-state index < -0.39 is 15.7 Å². The van der Waals surface area contributed by atoms with Crippen LogP contribution >= 0.6 is 11.8 Å². The lowest BCUT2D eigenvalue weighted by Crippen LogP contribution is -2.52. The monoisotopic (exact) mass is 454 g/mol. The molecule has 1 atom stereocenters. The van der Waals surface area contributed by atoms with Crippen LogP contribution in [0.2, 0.25) is 0 Å². The number of ketones is 1. The molecule has 1 aliphatic carbocycles. The van der Waals surface area contributed by atoms with Gasteiger partial charge in [-0.3, -0.25) is 15.0 Å². The van der Waals surface area contributed by atoms with Gasteiger partial charge in [-0.15, -0.1) is 0 Å². The molecule has 170 valence electrons. The molecule has 0 saturated carbocycles. The van der Waals surface area contributed by atoms with E-state index in [1.54, 1.807) is 25.0 Å². The first kappa shape index (κ1) is 22.6. The van der Waals surface area contributed by atoms with Gasteiger partial charge in [0.1, 0.15) is 11.5 Å². The summed E-state index contributed by atoms with van der Waals surface area (Å²) in [5, 5.41) is 19.7. The molecule has 0 radical (unpaired) electrons. The molecule has 1 amide bonds. The molecule has 6 nitrogen and oxygen atoms in total. The fourth-order valence-electron chi connectivity index (χ4n) is 5.44. The highest BCUT2D eigenvalue weighted by molar-refractivity contribution is 8.15. The number of nitrogens with zero attached hydrogens (tertiary/aromatic N) is 1. The van der Waals surface area contributed by atoms with Crippen molar-refractivity contribution >= 4 is 39.8 Å². The molecular formula is C25H30N2O4S. The van der Waals surface area contributed by atoms with Crippen molar-refractivity contribution < 1.29 is 19.4 Å². The smallest absolute Gasteiger partial charge is 0.253 e. The molecule has 0 spiro atoms. The van der Waals surface area contributed by atoms with Crippen LogP contribution in [0.25, 0.3) is 5.57 Å². The Balaban J connectivity index is 2.13. The van der Waals surface area contributed by atoms with Crippen LogP contribution in [0.4, 0.5) is 5.69 Å². The van der Waals surface area contributed by atoms with Crippen molar-refractivity contribution in [3.63, 3.8) is 0 Å². The number of Topliss-reactive ketones (excluding diaryl/α,β-unsaturated/α-hetero) is 1. The van der Waals surface area contributed by atoms with E-state index in [1.165, 1.54) is 0 Å². The second-order valence-electron chi connectivity index (χ2n) is 10.3. The first-order chi connectivity index (χ1) is 14.7. The second-order valence-corrected chi connectivity index (χ2v) is 11.7. The number of allylic oxidation sites excluding steroid dienone is 2. The van der Waals surface area contributed by atoms with Crippen molar-refractivity contribution in [2.45, 2.75) is 64.7 Å². The fourth-order valence-corrected chi connectivity index (χ4v) is 6.68. The highest BCUT2D eigenvalue weighted by atomic mass is 32.2. The molecule has 0 fully saturated rings. The summed E-state index contributed by atoms with van der Waals surface area (Å²) in [7, 11) is 1.57. The molecule has 1 aromatic carbocycles. The highest BCUT2D eigenvalue weighted by Crippen LogP contribution is 2.61. The van der Waals surface area contributed by atoms with Gasteiger partial charge in [0.15, 0.2) is 10.5 Å². The second kappa shape index (κ2) is 6.98. The third kappa shape index (κ3) is 3.04. The number of amides is 1. The van der Waals surface area contributed by atoms with Gasteiger partial charge in [-0.25, -0.2) is 0 Å². The van der Waals surface area contributed by atoms with Gasteiger partial charge >= 0.3 is 0 Å². The minimum Gasteiger partial charge on any atom is -0.512 e. The zero-order chi connectivity index (χ0) is 23.8. The number of hydrogen-bond acceptors (Lipinski definition) is 6. The average Bonchev–Trinajstić information content (AvgIpc) is 2.87. The van der Waals surface area contributed by atoms with Crippen LogP contribution in [-0.2, 0) is 14.3 Å². The Morgan fingerprint density at radius 3 is 2.41 bits per heavy atom. The molecule has 7 heteroatoms. The summed E-state index contributed by atoms with van der Waals surface area (Å²) in [6, 6.07) is 3.69. The maximum absolute atomic E-state index is 14.4. The third-order valence-corrected chi connectivity index (χ3v) is 7.72. The molecule has 0 bridgehead atoms. The van der Waals surface area contributed by atoms with E-state index in [9.17, 15) is 14.7 Å². The van der Waals surface area contributed by atoms with E-state index in [2.05, 4.69) is 0 Å². The Morgan fingerprint density at radius 2 is 1.84 bits per heavy atom. The number of carbonyl (C=O) groups is 2. The molecular weight excluding hydrogens is 424 g/mol. The van der Waals surface area contributed by atoms with Gasteiger partial charge in [-0.1, -0.05) is 31.7 Å². The van der Waals surface area contributed by atoms with Crippen molar-refractivity contribution in [1.29, 1.82) is 5.41 Å². The molecule has 1 unspecified atom stereocenters. The third-order valence-electron chi connectivity index (χ3n) is 6.51. The van der Waals surface area contributed by atoms with Gasteiger partial charge in [-0.05, 0) is 50.8 Å². The lowest BCUT2D eigenvalue weighted by molar-refractivity contribution is -0.124. The minimum atomic E-state index is -1.53. The molecule has 1 aromatic rings. The molecule has 2 heterocycles. The molecule has 3 aliphatic rings. The van der Waals surface area contributed by atoms with Crippen molar-refractivity contribution in [3.05, 3.63) is 40.7 Å². The van der Waals surface area contributed by atoms with Crippen LogP contribution in [0.1, 0.15) is 65.5 Å². The normalized spacial score (nSPS) is 25.6. The Kier molecular flexibility index (Phi) is 4.94. The summed E-state index contributed by atoms with van der Waals surface area (Å²) < 4.78 is 4.04. The van der Waals surface area contributed by atoms with Gasteiger partial charge in [0.05, 0.1) is 29.0 Å². The van der Waals surface area contributed by atoms with E-state index in [1.807, 2.05) is 46.8 Å². The van der Waals surface area contributed by atoms with Crippen molar-refractivity contribution in [1.82, 2.24) is 0 Å². The molecule has 32 heavy (non-hydrogen) atoms. The van der Waals surface area contributed by atoms with Crippen LogP contribution in [0.3, 0.4) is 0 Å². The standard InChI is InChI=1S/C25H30N2O4S/c1-13-10-24(5,6)27-21-16(13)8-15(31-7)9-17(21)25(22(27)30,32-14(2)26)20-18(28)11-23(3,4)12-19(20)29/h8-10,26,28H,11-12H2,1-7H3. The summed E-state index contributed by atoms with van der Waals surface area (Å²) >= 11 is 1.03. The van der Waals surface area contributed by atoms with Crippen molar-refractivity contribution in [2.24, 2.45) is 5.41 Å². The van der Waals surface area contributed by atoms with Gasteiger partial charge in [0, 0.05) is 24.0 Å². The first-order valence-corrected chi connectivity index (χ1v) is 11.5. The van der Waals surface area contributed by atoms with E-state index in [-0.39, 0.29) is 34.5 Å². The summed E-state index contributed by atoms with van der Waals surface area (Å²) in [4.78, 5) is 29.6. The number of aliphatic hydroxyl groups excluding tert-OH is 1. The number of ether oxygens (including phenoxy) is 1. The number of thioether (sulfide) groups is 1. The Bertz CT molecular complexity index is 1140. The van der Waals surface area contributed by atoms with E-state index >= 15 is 0 Å². The Labute approximate surface area is 193 Å². The first-order valence-electron chi connectivity index (χ1n) is 10.7. The number of hydrogen-bond donors (Lipinski definition) is 2. The maximum Gasteiger partial charge on any atom is 0.253 e. The van der Waals surface area contributed by atoms with E-state index in [4.69, 9.17) is 10.1 Å². The number of benzene rings is 1. The van der Waals surface area contributed by atoms with Crippen molar-refractivity contribution in [2.75, 3.05) is 12.0 Å². The number of anilines is 1. The van der Waals surface area contributed by atoms with Crippen LogP contribution in [0, 0.1) is 10.8 Å². The van der Waals surface area contributed by atoms with Gasteiger partial charge in [-0.2, -0.15) is 0 Å². The topological polar surface area (TPSA) is 90.7 Å². The zero-order valence-electron chi connectivity index (χ0n) is 19.7. The number of carbonyl (C=O) groups excluding carboxylic acids is 2. The Hall–Kier alpha value is -2.54. The molecule has 0 saturated heterocycles. The summed E-state index contributed by atoms with van der Waals surface area (Å²) in [6.45, 7) is 11.4. The predicted octanol–water partition coefficient (Wildman–Crippen LogP) is 5.36. The molecule has 2 aliphatic heterocycles. The largest absolute Gasteiger partial charge is 0.512 e. The summed E-state index contributed by atoms with van der Waals surface area (Å²) in [5.74, 6) is -0.0499. The van der Waals surface area contributed by atoms with Gasteiger partial charge in [0.2, 0.25) is 0 Å². The maximum atomic E-state index is 14.4. The number of nitrogens with one attached hydrogen (secondary N) is 1. The highest BCUT2D eigenvalue weighted by Gasteiger charge is 2.62. The van der Waals surface area contributed by atoms with E-state index in [0.29, 0.717) is 17.7 Å². The van der Waals surface area contributed by atoms with E-state index in [0.717, 1.165) is 28.6 Å². The van der Waals surface area contributed by atoms with Crippen LogP contribution < -0.4 is 9.64 Å². The van der Waals surface area contributed by atoms with Crippen molar-refractivity contribution in [3.8, 4) is 5.75 Å². The average molecular weight is 455 g/mol. The SMILES string of the molecule is COc1cc2c3c(c1)C(SC(C)=N)(C1=C(O)CC(C)(C)CC1=O)C(=O)N3C(C)(C)C=C2C. The molecule has 0 aromatic heterocycles. The van der Waals surface area contributed by atoms with Gasteiger partial charge in [0.25, 0.3) is 5.91 Å². The number of rotatable bonds is 3. The zero-order valence-corrected chi connectivity index (χ0v) is 20.5. The predicted molar refractivity (Wildman–Crippen MR) is 129 cm³/mol. The lowest BCUT2D eigenvalue weighted by atomic mass is 9.72.